The summed E-state index contributed by atoms with van der Waals surface area (Å²) >= 11 is 0. The highest BCUT2D eigenvalue weighted by Gasteiger charge is 2.44. The van der Waals surface area contributed by atoms with Gasteiger partial charge in [0.05, 0.1) is 40.8 Å². The summed E-state index contributed by atoms with van der Waals surface area (Å²) in [5.41, 5.74) is -0.123. The molecule has 1 fully saturated rings. The molecule has 2 heterocycles. The van der Waals surface area contributed by atoms with Crippen molar-refractivity contribution in [3.05, 3.63) is 71.7 Å². The fourth-order valence-electron chi connectivity index (χ4n) is 4.07. The Balaban J connectivity index is 1.52. The van der Waals surface area contributed by atoms with Crippen molar-refractivity contribution >= 4 is 15.9 Å². The molecule has 1 N–H and O–H groups in total. The molecule has 2 aromatic carbocycles. The lowest BCUT2D eigenvalue weighted by Crippen LogP contribution is -2.45. The predicted molar refractivity (Wildman–Crippen MR) is 125 cm³/mol. The Morgan fingerprint density at radius 3 is 2.42 bits per heavy atom. The zero-order valence-corrected chi connectivity index (χ0v) is 20.6. The van der Waals surface area contributed by atoms with E-state index < -0.39 is 45.4 Å². The number of alkyl halides is 3. The van der Waals surface area contributed by atoms with Crippen molar-refractivity contribution in [2.75, 3.05) is 13.7 Å². The van der Waals surface area contributed by atoms with Crippen LogP contribution in [0.15, 0.2) is 59.6 Å². The molecule has 0 radical (unpaired) electrons. The standard InChI is InChI=1S/C24H21F4N5O4S/c1-37-23-16(14-32(31-23)19-6-2-17(3-7-19)24(26,27)28)12-30-22(34)21-10-15(11-29)13-33(21)38(35,36)20-8-4-18(25)5-9-20/h2-9,14-15,21H,10,12-13H2,1H3,(H,30,34)/t15-,21+/m0/s1. The topological polar surface area (TPSA) is 117 Å². The third-order valence-corrected chi connectivity index (χ3v) is 7.91. The van der Waals surface area contributed by atoms with Crippen LogP contribution < -0.4 is 10.1 Å². The Labute approximate surface area is 215 Å². The van der Waals surface area contributed by atoms with E-state index in [-0.39, 0.29) is 30.3 Å². The number of methoxy groups -OCH3 is 1. The molecule has 0 spiro atoms. The van der Waals surface area contributed by atoms with Gasteiger partial charge in [-0.05, 0) is 55.0 Å². The van der Waals surface area contributed by atoms with Crippen LogP contribution in [0, 0.1) is 23.1 Å². The highest BCUT2D eigenvalue weighted by Crippen LogP contribution is 2.31. The molecule has 38 heavy (non-hydrogen) atoms. The first-order chi connectivity index (χ1) is 17.9. The first-order valence-corrected chi connectivity index (χ1v) is 12.6. The molecule has 1 amide bonds. The van der Waals surface area contributed by atoms with Crippen molar-refractivity contribution in [3.63, 3.8) is 0 Å². The van der Waals surface area contributed by atoms with Crippen molar-refractivity contribution < 1.29 is 35.5 Å². The number of nitriles is 1. The number of halogens is 4. The number of nitrogens with one attached hydrogen (secondary N) is 1. The number of carbonyl (C=O) groups is 1. The normalized spacial score (nSPS) is 18.2. The third kappa shape index (κ3) is 5.48. The number of benzene rings is 2. The maximum absolute atomic E-state index is 13.3. The first kappa shape index (κ1) is 27.1. The number of nitrogens with zero attached hydrogens (tertiary/aromatic N) is 4. The molecule has 200 valence electrons. The molecule has 0 aliphatic carbocycles. The Kier molecular flexibility index (Phi) is 7.43. The van der Waals surface area contributed by atoms with Crippen LogP contribution in [0.2, 0.25) is 0 Å². The molecule has 2 atom stereocenters. The summed E-state index contributed by atoms with van der Waals surface area (Å²) in [6.07, 6.45) is -3.06. The number of carbonyl (C=O) groups excluding carboxylic acids is 1. The van der Waals surface area contributed by atoms with E-state index in [0.29, 0.717) is 11.3 Å². The van der Waals surface area contributed by atoms with Gasteiger partial charge in [-0.25, -0.2) is 17.5 Å². The minimum absolute atomic E-state index is 0.0370. The van der Waals surface area contributed by atoms with Crippen LogP contribution in [-0.4, -0.2) is 48.1 Å². The van der Waals surface area contributed by atoms with Crippen molar-refractivity contribution in [1.29, 1.82) is 5.26 Å². The van der Waals surface area contributed by atoms with Gasteiger partial charge in [-0.3, -0.25) is 4.79 Å². The molecule has 14 heteroatoms. The largest absolute Gasteiger partial charge is 0.480 e. The smallest absolute Gasteiger partial charge is 0.416 e. The molecule has 0 saturated carbocycles. The first-order valence-electron chi connectivity index (χ1n) is 11.2. The summed E-state index contributed by atoms with van der Waals surface area (Å²) in [4.78, 5) is 12.9. The van der Waals surface area contributed by atoms with E-state index in [9.17, 15) is 36.0 Å². The zero-order chi connectivity index (χ0) is 27.7. The fourth-order valence-corrected chi connectivity index (χ4v) is 5.71. The van der Waals surface area contributed by atoms with Crippen LogP contribution in [0.1, 0.15) is 17.5 Å². The molecule has 3 aromatic rings. The Bertz CT molecular complexity index is 1470. The molecular weight excluding hydrogens is 530 g/mol. The monoisotopic (exact) mass is 551 g/mol. The van der Waals surface area contributed by atoms with Gasteiger partial charge in [-0.15, -0.1) is 5.10 Å². The quantitative estimate of drug-likeness (QED) is 0.451. The number of rotatable bonds is 7. The number of sulfonamides is 1. The molecule has 0 bridgehead atoms. The SMILES string of the molecule is COc1nn(-c2ccc(C(F)(F)F)cc2)cc1CNC(=O)[C@H]1C[C@@H](C#N)CN1S(=O)(=O)c1ccc(F)cc1. The Hall–Kier alpha value is -3.96. The number of hydrogen-bond acceptors (Lipinski definition) is 6. The highest BCUT2D eigenvalue weighted by molar-refractivity contribution is 7.89. The van der Waals surface area contributed by atoms with Gasteiger partial charge >= 0.3 is 6.18 Å². The molecule has 1 aromatic heterocycles. The van der Waals surface area contributed by atoms with E-state index in [0.717, 1.165) is 40.7 Å². The lowest BCUT2D eigenvalue weighted by molar-refractivity contribution is -0.137. The molecule has 9 nitrogen and oxygen atoms in total. The van der Waals surface area contributed by atoms with Crippen LogP contribution in [0.4, 0.5) is 17.6 Å². The molecule has 0 unspecified atom stereocenters. The van der Waals surface area contributed by atoms with Gasteiger partial charge < -0.3 is 10.1 Å². The molecule has 1 aliphatic heterocycles. The average molecular weight is 552 g/mol. The van der Waals surface area contributed by atoms with Gasteiger partial charge in [0.1, 0.15) is 11.9 Å². The average Bonchev–Trinajstić information content (AvgIpc) is 3.52. The summed E-state index contributed by atoms with van der Waals surface area (Å²) in [7, 11) is -2.87. The molecule has 1 saturated heterocycles. The fraction of sp³-hybridized carbons (Fsp3) is 0.292. The second-order valence-corrected chi connectivity index (χ2v) is 10.4. The van der Waals surface area contributed by atoms with Gasteiger partial charge in [-0.2, -0.15) is 22.7 Å². The van der Waals surface area contributed by atoms with Crippen molar-refractivity contribution in [3.8, 4) is 17.6 Å². The molecular formula is C24H21F4N5O4S. The maximum atomic E-state index is 13.3. The Morgan fingerprint density at radius 2 is 1.84 bits per heavy atom. The van der Waals surface area contributed by atoms with Gasteiger partial charge in [0.25, 0.3) is 0 Å². The van der Waals surface area contributed by atoms with Crippen molar-refractivity contribution in [2.45, 2.75) is 30.1 Å². The zero-order valence-electron chi connectivity index (χ0n) is 19.8. The molecule has 1 aliphatic rings. The van der Waals surface area contributed by atoms with Gasteiger partial charge in [0, 0.05) is 19.3 Å². The minimum atomic E-state index is -4.49. The number of ether oxygens (including phenoxy) is 1. The summed E-state index contributed by atoms with van der Waals surface area (Å²) in [6, 6.07) is 9.22. The van der Waals surface area contributed by atoms with Crippen LogP contribution in [-0.2, 0) is 27.5 Å². The maximum Gasteiger partial charge on any atom is 0.416 e. The van der Waals surface area contributed by atoms with E-state index >= 15 is 0 Å². The van der Waals surface area contributed by atoms with E-state index in [2.05, 4.69) is 10.4 Å². The van der Waals surface area contributed by atoms with Gasteiger partial charge in [0.15, 0.2) is 0 Å². The number of aromatic nitrogens is 2. The second-order valence-electron chi connectivity index (χ2n) is 8.48. The van der Waals surface area contributed by atoms with Crippen LogP contribution in [0.5, 0.6) is 5.88 Å². The highest BCUT2D eigenvalue weighted by atomic mass is 32.2. The lowest BCUT2D eigenvalue weighted by atomic mass is 10.1. The third-order valence-electron chi connectivity index (χ3n) is 6.02. The van der Waals surface area contributed by atoms with Crippen molar-refractivity contribution in [2.24, 2.45) is 5.92 Å². The number of hydrogen-bond donors (Lipinski definition) is 1. The van der Waals surface area contributed by atoms with Gasteiger partial charge in [-0.1, -0.05) is 0 Å². The summed E-state index contributed by atoms with van der Waals surface area (Å²) in [5, 5.41) is 16.2. The summed E-state index contributed by atoms with van der Waals surface area (Å²) in [6.45, 7) is -0.343. The van der Waals surface area contributed by atoms with E-state index in [1.54, 1.807) is 0 Å². The van der Waals surface area contributed by atoms with E-state index in [1.807, 2.05) is 6.07 Å². The summed E-state index contributed by atoms with van der Waals surface area (Å²) < 4.78 is 85.6. The second kappa shape index (κ2) is 10.4. The van der Waals surface area contributed by atoms with E-state index in [4.69, 9.17) is 4.74 Å². The van der Waals surface area contributed by atoms with Crippen LogP contribution in [0.25, 0.3) is 5.69 Å². The minimum Gasteiger partial charge on any atom is -0.480 e. The summed E-state index contributed by atoms with van der Waals surface area (Å²) in [5.74, 6) is -1.92. The number of amides is 1. The van der Waals surface area contributed by atoms with Crippen LogP contribution in [0.3, 0.4) is 0 Å². The lowest BCUT2D eigenvalue weighted by Gasteiger charge is -2.23. The van der Waals surface area contributed by atoms with E-state index in [1.165, 1.54) is 30.1 Å². The predicted octanol–water partition coefficient (Wildman–Crippen LogP) is 3.26. The molecule has 4 rings (SSSR count). The van der Waals surface area contributed by atoms with Crippen molar-refractivity contribution in [1.82, 2.24) is 19.4 Å². The van der Waals surface area contributed by atoms with Gasteiger partial charge in [0.2, 0.25) is 21.8 Å². The van der Waals surface area contributed by atoms with Crippen LogP contribution >= 0.6 is 0 Å². The Morgan fingerprint density at radius 1 is 1.18 bits per heavy atom.